The Morgan fingerprint density at radius 1 is 1.47 bits per heavy atom. The number of benzene rings is 1. The van der Waals surface area contributed by atoms with E-state index in [9.17, 15) is 14.7 Å². The number of fused-ring (bicyclic) bond motifs is 1. The number of halogens is 1. The molecule has 0 saturated heterocycles. The molecule has 1 atom stereocenters. The average molecular weight is 325 g/mol. The molecule has 1 aromatic carbocycles. The Balaban J connectivity index is 2.49. The summed E-state index contributed by atoms with van der Waals surface area (Å²) in [7, 11) is 0. The molecule has 0 aliphatic carbocycles. The lowest BCUT2D eigenvalue weighted by Crippen LogP contribution is -2.31. The van der Waals surface area contributed by atoms with Gasteiger partial charge in [0, 0.05) is 28.0 Å². The first-order valence-electron chi connectivity index (χ1n) is 5.76. The number of aliphatic hydroxyl groups is 1. The molecule has 6 heteroatoms. The molecule has 1 amide bonds. The minimum Gasteiger partial charge on any atom is -0.392 e. The number of carbonyl (C=O) groups excluding carboxylic acids is 1. The number of hydrogen-bond donors (Lipinski definition) is 3. The number of pyridine rings is 1. The molecule has 0 aliphatic rings. The van der Waals surface area contributed by atoms with Gasteiger partial charge in [-0.05, 0) is 25.1 Å². The molecule has 3 N–H and O–H groups in total. The van der Waals surface area contributed by atoms with Crippen molar-refractivity contribution in [2.75, 3.05) is 6.54 Å². The zero-order valence-corrected chi connectivity index (χ0v) is 11.8. The molecule has 2 aromatic rings. The van der Waals surface area contributed by atoms with Crippen molar-refractivity contribution in [1.29, 1.82) is 0 Å². The second-order valence-electron chi connectivity index (χ2n) is 4.30. The fourth-order valence-electron chi connectivity index (χ4n) is 1.75. The zero-order valence-electron chi connectivity index (χ0n) is 10.2. The summed E-state index contributed by atoms with van der Waals surface area (Å²) in [5.74, 6) is -0.380. The lowest BCUT2D eigenvalue weighted by Gasteiger charge is -2.09. The summed E-state index contributed by atoms with van der Waals surface area (Å²) < 4.78 is 0.816. The number of aliphatic hydroxyl groups excluding tert-OH is 1. The van der Waals surface area contributed by atoms with Crippen LogP contribution >= 0.6 is 15.9 Å². The topological polar surface area (TPSA) is 82.2 Å². The Bertz CT molecular complexity index is 679. The minimum atomic E-state index is -0.635. The summed E-state index contributed by atoms with van der Waals surface area (Å²) in [5.41, 5.74) is 0.551. The number of hydrogen-bond acceptors (Lipinski definition) is 3. The van der Waals surface area contributed by atoms with Crippen LogP contribution in [-0.4, -0.2) is 28.6 Å². The Hall–Kier alpha value is -1.66. The number of aromatic nitrogens is 1. The van der Waals surface area contributed by atoms with Crippen molar-refractivity contribution >= 4 is 32.7 Å². The zero-order chi connectivity index (χ0) is 14.0. The normalized spacial score (nSPS) is 12.4. The quantitative estimate of drug-likeness (QED) is 0.798. The van der Waals surface area contributed by atoms with Crippen LogP contribution in [0.3, 0.4) is 0 Å². The fraction of sp³-hybridized carbons (Fsp3) is 0.231. The largest absolute Gasteiger partial charge is 0.392 e. The Morgan fingerprint density at radius 2 is 2.21 bits per heavy atom. The highest BCUT2D eigenvalue weighted by Crippen LogP contribution is 2.20. The van der Waals surface area contributed by atoms with E-state index < -0.39 is 6.10 Å². The molecule has 1 aromatic heterocycles. The van der Waals surface area contributed by atoms with Crippen molar-refractivity contribution in [3.05, 3.63) is 44.7 Å². The smallest absolute Gasteiger partial charge is 0.252 e. The predicted octanol–water partition coefficient (Wildman–Crippen LogP) is 1.40. The van der Waals surface area contributed by atoms with E-state index in [1.54, 1.807) is 25.1 Å². The molecule has 0 radical (unpaired) electrons. The fourth-order valence-corrected chi connectivity index (χ4v) is 2.11. The SMILES string of the molecule is CC(O)CNC(=O)c1cc(=O)[nH]c2ccc(Br)cc12. The molecule has 100 valence electrons. The van der Waals surface area contributed by atoms with Gasteiger partial charge in [0.25, 0.3) is 5.91 Å². The third-order valence-corrected chi connectivity index (χ3v) is 3.10. The third-order valence-electron chi connectivity index (χ3n) is 2.61. The molecular weight excluding hydrogens is 312 g/mol. The molecule has 0 saturated carbocycles. The number of nitrogens with one attached hydrogen (secondary N) is 2. The van der Waals surface area contributed by atoms with Gasteiger partial charge in [-0.15, -0.1) is 0 Å². The molecular formula is C13H13BrN2O3. The van der Waals surface area contributed by atoms with Crippen LogP contribution in [0.5, 0.6) is 0 Å². The van der Waals surface area contributed by atoms with Gasteiger partial charge in [0.15, 0.2) is 0 Å². The first-order valence-corrected chi connectivity index (χ1v) is 6.55. The van der Waals surface area contributed by atoms with Gasteiger partial charge >= 0.3 is 0 Å². The van der Waals surface area contributed by atoms with E-state index in [1.165, 1.54) is 6.07 Å². The van der Waals surface area contributed by atoms with E-state index >= 15 is 0 Å². The first kappa shape index (κ1) is 13.8. The van der Waals surface area contributed by atoms with E-state index in [0.29, 0.717) is 16.5 Å². The standard InChI is InChI=1S/C13H13BrN2O3/c1-7(17)6-15-13(19)10-5-12(18)16-11-3-2-8(14)4-9(10)11/h2-5,7,17H,6H2,1H3,(H,15,19)(H,16,18). The van der Waals surface area contributed by atoms with Crippen molar-refractivity contribution in [2.45, 2.75) is 13.0 Å². The van der Waals surface area contributed by atoms with Crippen molar-refractivity contribution in [3.8, 4) is 0 Å². The number of aromatic amines is 1. The van der Waals surface area contributed by atoms with Gasteiger partial charge in [0.2, 0.25) is 5.56 Å². The van der Waals surface area contributed by atoms with Crippen molar-refractivity contribution in [1.82, 2.24) is 10.3 Å². The number of rotatable bonds is 3. The van der Waals surface area contributed by atoms with Crippen LogP contribution in [0, 0.1) is 0 Å². The van der Waals surface area contributed by atoms with Gasteiger partial charge in [-0.2, -0.15) is 0 Å². The van der Waals surface area contributed by atoms with Crippen LogP contribution in [0.25, 0.3) is 10.9 Å². The third kappa shape index (κ3) is 3.21. The number of carbonyl (C=O) groups is 1. The number of amides is 1. The van der Waals surface area contributed by atoms with Crippen molar-refractivity contribution < 1.29 is 9.90 Å². The van der Waals surface area contributed by atoms with Crippen LogP contribution in [-0.2, 0) is 0 Å². The van der Waals surface area contributed by atoms with E-state index in [1.807, 2.05) is 0 Å². The molecule has 1 unspecified atom stereocenters. The summed E-state index contributed by atoms with van der Waals surface area (Å²) in [4.78, 5) is 26.2. The summed E-state index contributed by atoms with van der Waals surface area (Å²) in [6.07, 6.45) is -0.635. The summed E-state index contributed by atoms with van der Waals surface area (Å²) >= 11 is 3.33. The van der Waals surface area contributed by atoms with Crippen LogP contribution in [0.1, 0.15) is 17.3 Å². The average Bonchev–Trinajstić information content (AvgIpc) is 2.35. The van der Waals surface area contributed by atoms with Crippen molar-refractivity contribution in [3.63, 3.8) is 0 Å². The lowest BCUT2D eigenvalue weighted by atomic mass is 10.1. The van der Waals surface area contributed by atoms with Gasteiger partial charge in [-0.3, -0.25) is 9.59 Å². The maximum absolute atomic E-state index is 12.0. The van der Waals surface area contributed by atoms with Crippen LogP contribution in [0.2, 0.25) is 0 Å². The Morgan fingerprint density at radius 3 is 2.89 bits per heavy atom. The van der Waals surface area contributed by atoms with Gasteiger partial charge in [0.05, 0.1) is 11.7 Å². The summed E-state index contributed by atoms with van der Waals surface area (Å²) in [6, 6.07) is 6.54. The molecule has 0 spiro atoms. The van der Waals surface area contributed by atoms with Gasteiger partial charge in [-0.1, -0.05) is 15.9 Å². The highest BCUT2D eigenvalue weighted by molar-refractivity contribution is 9.10. The summed E-state index contributed by atoms with van der Waals surface area (Å²) in [6.45, 7) is 1.72. The second kappa shape index (κ2) is 5.54. The Labute approximate surface area is 117 Å². The maximum Gasteiger partial charge on any atom is 0.252 e. The van der Waals surface area contributed by atoms with Gasteiger partial charge in [0.1, 0.15) is 0 Å². The highest BCUT2D eigenvalue weighted by Gasteiger charge is 2.12. The van der Waals surface area contributed by atoms with E-state index in [2.05, 4.69) is 26.2 Å². The van der Waals surface area contributed by atoms with E-state index in [-0.39, 0.29) is 18.0 Å². The van der Waals surface area contributed by atoms with Gasteiger partial charge < -0.3 is 15.4 Å². The molecule has 19 heavy (non-hydrogen) atoms. The van der Waals surface area contributed by atoms with Crippen LogP contribution in [0.4, 0.5) is 0 Å². The molecule has 0 aliphatic heterocycles. The van der Waals surface area contributed by atoms with Crippen LogP contribution in [0.15, 0.2) is 33.5 Å². The minimum absolute atomic E-state index is 0.140. The predicted molar refractivity (Wildman–Crippen MR) is 76.3 cm³/mol. The summed E-state index contributed by atoms with van der Waals surface area (Å²) in [5, 5.41) is 12.4. The van der Waals surface area contributed by atoms with E-state index in [4.69, 9.17) is 0 Å². The molecule has 2 rings (SSSR count). The van der Waals surface area contributed by atoms with Crippen molar-refractivity contribution in [2.24, 2.45) is 0 Å². The highest BCUT2D eigenvalue weighted by atomic mass is 79.9. The maximum atomic E-state index is 12.0. The molecule has 1 heterocycles. The lowest BCUT2D eigenvalue weighted by molar-refractivity contribution is 0.0925. The number of H-pyrrole nitrogens is 1. The van der Waals surface area contributed by atoms with Crippen LogP contribution < -0.4 is 10.9 Å². The molecule has 0 bridgehead atoms. The van der Waals surface area contributed by atoms with Gasteiger partial charge in [-0.25, -0.2) is 0 Å². The Kier molecular flexibility index (Phi) is 4.01. The monoisotopic (exact) mass is 324 g/mol. The first-order chi connectivity index (χ1) is 8.97. The van der Waals surface area contributed by atoms with E-state index in [0.717, 1.165) is 4.47 Å². The molecule has 5 nitrogen and oxygen atoms in total. The molecule has 0 fully saturated rings. The second-order valence-corrected chi connectivity index (χ2v) is 5.21.